The molecule has 0 heterocycles. The number of carbonyl (C=O) groups is 3. The first-order valence-electron chi connectivity index (χ1n) is 8.16. The molecule has 3 N–H and O–H groups in total. The summed E-state index contributed by atoms with van der Waals surface area (Å²) in [5.41, 5.74) is 0.758. The lowest BCUT2D eigenvalue weighted by Gasteiger charge is -2.23. The van der Waals surface area contributed by atoms with Crippen LogP contribution in [0.5, 0.6) is 5.75 Å². The van der Waals surface area contributed by atoms with Crippen LogP contribution < -0.4 is 10.6 Å². The summed E-state index contributed by atoms with van der Waals surface area (Å²) in [6, 6.07) is 4.73. The number of ether oxygens (including phenoxy) is 1. The third-order valence-corrected chi connectivity index (χ3v) is 3.58. The van der Waals surface area contributed by atoms with E-state index in [9.17, 15) is 19.5 Å². The van der Waals surface area contributed by atoms with Gasteiger partial charge in [0.15, 0.2) is 0 Å². The highest BCUT2D eigenvalue weighted by molar-refractivity contribution is 5.90. The summed E-state index contributed by atoms with van der Waals surface area (Å²) in [6.07, 6.45) is 0.672. The van der Waals surface area contributed by atoms with Crippen LogP contribution in [0.25, 0.3) is 0 Å². The van der Waals surface area contributed by atoms with E-state index in [4.69, 9.17) is 4.74 Å². The van der Waals surface area contributed by atoms with Crippen LogP contribution in [0.3, 0.4) is 0 Å². The van der Waals surface area contributed by atoms with Crippen LogP contribution in [-0.2, 0) is 25.5 Å². The van der Waals surface area contributed by atoms with E-state index in [2.05, 4.69) is 10.6 Å². The molecule has 0 spiro atoms. The molecule has 7 nitrogen and oxygen atoms in total. The van der Waals surface area contributed by atoms with Gasteiger partial charge in [-0.1, -0.05) is 26.0 Å². The Hall–Kier alpha value is -2.57. The molecule has 2 atom stereocenters. The van der Waals surface area contributed by atoms with Crippen LogP contribution in [0.15, 0.2) is 24.3 Å². The number of nitrogens with one attached hydrogen (secondary N) is 2. The average molecular weight is 350 g/mol. The monoisotopic (exact) mass is 350 g/mol. The molecule has 0 bridgehead atoms. The molecule has 0 aliphatic carbocycles. The van der Waals surface area contributed by atoms with Gasteiger partial charge in [-0.25, -0.2) is 4.79 Å². The van der Waals surface area contributed by atoms with E-state index in [0.29, 0.717) is 6.42 Å². The molecule has 2 amide bonds. The molecule has 0 aliphatic rings. The highest BCUT2D eigenvalue weighted by Gasteiger charge is 2.27. The minimum atomic E-state index is -0.884. The van der Waals surface area contributed by atoms with E-state index < -0.39 is 24.0 Å². The number of esters is 1. The van der Waals surface area contributed by atoms with Gasteiger partial charge in [0.1, 0.15) is 17.8 Å². The number of rotatable bonds is 8. The maximum atomic E-state index is 12.5. The lowest BCUT2D eigenvalue weighted by Crippen LogP contribution is -2.52. The molecule has 0 aromatic heterocycles. The first-order valence-corrected chi connectivity index (χ1v) is 8.16. The third kappa shape index (κ3) is 7.24. The molecule has 138 valence electrons. The Balaban J connectivity index is 2.87. The quantitative estimate of drug-likeness (QED) is 0.610. The molecule has 0 saturated carbocycles. The zero-order valence-corrected chi connectivity index (χ0v) is 15.0. The standard InChI is InChI=1S/C18H26N2O5/c1-11(2)9-15(19-12(3)21)17(23)20-16(18(24)25-4)10-13-5-7-14(22)8-6-13/h5-8,11,15-16,22H,9-10H2,1-4H3,(H,19,21)(H,20,23). The number of amides is 2. The second-order valence-electron chi connectivity index (χ2n) is 6.34. The number of aromatic hydroxyl groups is 1. The first-order chi connectivity index (χ1) is 11.7. The summed E-state index contributed by atoms with van der Waals surface area (Å²) in [4.78, 5) is 35.9. The summed E-state index contributed by atoms with van der Waals surface area (Å²) in [5, 5.41) is 14.6. The number of hydrogen-bond donors (Lipinski definition) is 3. The van der Waals surface area contributed by atoms with Crippen molar-refractivity contribution in [3.63, 3.8) is 0 Å². The average Bonchev–Trinajstić information content (AvgIpc) is 2.53. The highest BCUT2D eigenvalue weighted by Crippen LogP contribution is 2.12. The van der Waals surface area contributed by atoms with Crippen LogP contribution in [0.4, 0.5) is 0 Å². The van der Waals surface area contributed by atoms with Gasteiger partial charge in [0.2, 0.25) is 11.8 Å². The van der Waals surface area contributed by atoms with E-state index >= 15 is 0 Å². The fraction of sp³-hybridized carbons (Fsp3) is 0.500. The number of methoxy groups -OCH3 is 1. The zero-order valence-electron chi connectivity index (χ0n) is 15.0. The first kappa shape index (κ1) is 20.5. The molecule has 25 heavy (non-hydrogen) atoms. The van der Waals surface area contributed by atoms with Crippen molar-refractivity contribution >= 4 is 17.8 Å². The van der Waals surface area contributed by atoms with Gasteiger partial charge in [0.25, 0.3) is 0 Å². The van der Waals surface area contributed by atoms with Gasteiger partial charge < -0.3 is 20.5 Å². The Morgan fingerprint density at radius 2 is 1.68 bits per heavy atom. The summed E-state index contributed by atoms with van der Waals surface area (Å²) in [5.74, 6) is -1.01. The van der Waals surface area contributed by atoms with Gasteiger partial charge in [0, 0.05) is 13.3 Å². The summed E-state index contributed by atoms with van der Waals surface area (Å²) in [7, 11) is 1.25. The molecule has 1 aromatic carbocycles. The molecule has 0 aliphatic heterocycles. The van der Waals surface area contributed by atoms with Crippen molar-refractivity contribution in [3.8, 4) is 5.75 Å². The van der Waals surface area contributed by atoms with Crippen molar-refractivity contribution in [2.45, 2.75) is 45.7 Å². The van der Waals surface area contributed by atoms with Crippen LogP contribution in [0.2, 0.25) is 0 Å². The minimum absolute atomic E-state index is 0.116. The van der Waals surface area contributed by atoms with Gasteiger partial charge in [-0.2, -0.15) is 0 Å². The van der Waals surface area contributed by atoms with Crippen molar-refractivity contribution in [1.29, 1.82) is 0 Å². The minimum Gasteiger partial charge on any atom is -0.508 e. The van der Waals surface area contributed by atoms with E-state index in [0.717, 1.165) is 5.56 Å². The molecular weight excluding hydrogens is 324 g/mol. The number of phenols is 1. The van der Waals surface area contributed by atoms with E-state index in [-0.39, 0.29) is 24.0 Å². The molecule has 1 rings (SSSR count). The molecule has 0 saturated heterocycles. The van der Waals surface area contributed by atoms with Gasteiger partial charge in [0.05, 0.1) is 7.11 Å². The Bertz CT molecular complexity index is 598. The summed E-state index contributed by atoms with van der Waals surface area (Å²) < 4.78 is 4.76. The molecule has 0 fully saturated rings. The van der Waals surface area contributed by atoms with Crippen LogP contribution >= 0.6 is 0 Å². The SMILES string of the molecule is COC(=O)C(Cc1ccc(O)cc1)NC(=O)C(CC(C)C)NC(C)=O. The fourth-order valence-corrected chi connectivity index (χ4v) is 2.42. The zero-order chi connectivity index (χ0) is 19.0. The molecule has 1 aromatic rings. The predicted molar refractivity (Wildman–Crippen MR) is 92.8 cm³/mol. The lowest BCUT2D eigenvalue weighted by molar-refractivity contribution is -0.145. The van der Waals surface area contributed by atoms with Crippen LogP contribution in [0, 0.1) is 5.92 Å². The van der Waals surface area contributed by atoms with Crippen molar-refractivity contribution in [2.75, 3.05) is 7.11 Å². The molecule has 7 heteroatoms. The van der Waals surface area contributed by atoms with Gasteiger partial charge in [-0.3, -0.25) is 9.59 Å². The van der Waals surface area contributed by atoms with Crippen molar-refractivity contribution < 1.29 is 24.2 Å². The van der Waals surface area contributed by atoms with Crippen molar-refractivity contribution in [2.24, 2.45) is 5.92 Å². The third-order valence-electron chi connectivity index (χ3n) is 3.58. The smallest absolute Gasteiger partial charge is 0.328 e. The number of benzene rings is 1. The molecular formula is C18H26N2O5. The van der Waals surface area contributed by atoms with E-state index in [1.54, 1.807) is 12.1 Å². The largest absolute Gasteiger partial charge is 0.508 e. The van der Waals surface area contributed by atoms with Crippen LogP contribution in [0.1, 0.15) is 32.8 Å². The fourth-order valence-electron chi connectivity index (χ4n) is 2.42. The number of phenolic OH excluding ortho intramolecular Hbond substituents is 1. The summed E-state index contributed by atoms with van der Waals surface area (Å²) >= 11 is 0. The highest BCUT2D eigenvalue weighted by atomic mass is 16.5. The Morgan fingerprint density at radius 3 is 2.16 bits per heavy atom. The topological polar surface area (TPSA) is 105 Å². The maximum absolute atomic E-state index is 12.5. The van der Waals surface area contributed by atoms with E-state index in [1.807, 2.05) is 13.8 Å². The molecule has 2 unspecified atom stereocenters. The maximum Gasteiger partial charge on any atom is 0.328 e. The Morgan fingerprint density at radius 1 is 1.08 bits per heavy atom. The van der Waals surface area contributed by atoms with Crippen molar-refractivity contribution in [3.05, 3.63) is 29.8 Å². The second-order valence-corrected chi connectivity index (χ2v) is 6.34. The van der Waals surface area contributed by atoms with Gasteiger partial charge in [-0.05, 0) is 30.0 Å². The lowest BCUT2D eigenvalue weighted by atomic mass is 10.0. The normalized spacial score (nSPS) is 13.0. The van der Waals surface area contributed by atoms with Crippen LogP contribution in [-0.4, -0.2) is 42.1 Å². The second kappa shape index (κ2) is 9.66. The van der Waals surface area contributed by atoms with Gasteiger partial charge in [-0.15, -0.1) is 0 Å². The number of carbonyl (C=O) groups excluding carboxylic acids is 3. The molecule has 0 radical (unpaired) electrons. The number of hydrogen-bond acceptors (Lipinski definition) is 5. The Kier molecular flexibility index (Phi) is 7.91. The predicted octanol–water partition coefficient (Wildman–Crippen LogP) is 1.14. The Labute approximate surface area is 147 Å². The van der Waals surface area contributed by atoms with Crippen molar-refractivity contribution in [1.82, 2.24) is 10.6 Å². The summed E-state index contributed by atoms with van der Waals surface area (Å²) in [6.45, 7) is 5.22. The van der Waals surface area contributed by atoms with Gasteiger partial charge >= 0.3 is 5.97 Å². The van der Waals surface area contributed by atoms with E-state index in [1.165, 1.54) is 26.2 Å².